The van der Waals surface area contributed by atoms with Gasteiger partial charge in [-0.1, -0.05) is 30.3 Å². The number of nitrogens with zero attached hydrogens (tertiary/aromatic N) is 1. The first-order valence-corrected chi connectivity index (χ1v) is 6.05. The van der Waals surface area contributed by atoms with Gasteiger partial charge < -0.3 is 5.21 Å². The molecule has 0 bridgehead atoms. The average molecular weight is 231 g/mol. The van der Waals surface area contributed by atoms with Gasteiger partial charge >= 0.3 is 0 Å². The summed E-state index contributed by atoms with van der Waals surface area (Å²) < 4.78 is 0.907. The van der Waals surface area contributed by atoms with Crippen LogP contribution in [0.2, 0.25) is 0 Å². The van der Waals surface area contributed by atoms with Gasteiger partial charge in [-0.15, -0.1) is 0 Å². The van der Waals surface area contributed by atoms with Crippen LogP contribution >= 0.6 is 11.8 Å². The van der Waals surface area contributed by atoms with E-state index < -0.39 is 0 Å². The molecular weight excluding hydrogens is 218 g/mol. The number of rotatable bonds is 3. The Hall–Kier alpha value is -1.48. The molecule has 0 spiro atoms. The summed E-state index contributed by atoms with van der Waals surface area (Å²) in [6, 6.07) is 15.7. The molecule has 0 aliphatic rings. The molecule has 2 rings (SSSR count). The zero-order valence-electron chi connectivity index (χ0n) is 9.04. The highest BCUT2D eigenvalue weighted by atomic mass is 32.2. The number of thioether (sulfide) groups is 1. The van der Waals surface area contributed by atoms with Crippen LogP contribution in [-0.4, -0.2) is 0 Å². The SMILES string of the molecule is C[C@H](Sc1cccc[n+]1[O-])c1ccccc1. The zero-order valence-corrected chi connectivity index (χ0v) is 9.85. The predicted octanol–water partition coefficient (Wildman–Crippen LogP) is 3.17. The smallest absolute Gasteiger partial charge is 0.251 e. The lowest BCUT2D eigenvalue weighted by atomic mass is 10.2. The van der Waals surface area contributed by atoms with Crippen LogP contribution < -0.4 is 4.73 Å². The van der Waals surface area contributed by atoms with E-state index >= 15 is 0 Å². The van der Waals surface area contributed by atoms with Gasteiger partial charge in [0, 0.05) is 17.4 Å². The van der Waals surface area contributed by atoms with E-state index in [4.69, 9.17) is 0 Å². The van der Waals surface area contributed by atoms with Crippen molar-refractivity contribution >= 4 is 11.8 Å². The van der Waals surface area contributed by atoms with Gasteiger partial charge in [0.25, 0.3) is 5.03 Å². The van der Waals surface area contributed by atoms with E-state index in [1.165, 1.54) is 11.8 Å². The molecule has 0 aliphatic carbocycles. The van der Waals surface area contributed by atoms with Crippen molar-refractivity contribution in [2.45, 2.75) is 17.2 Å². The van der Waals surface area contributed by atoms with E-state index in [0.717, 1.165) is 9.76 Å². The first-order valence-electron chi connectivity index (χ1n) is 5.17. The van der Waals surface area contributed by atoms with Crippen molar-refractivity contribution in [2.75, 3.05) is 0 Å². The van der Waals surface area contributed by atoms with Crippen LogP contribution in [0.5, 0.6) is 0 Å². The molecule has 0 saturated heterocycles. The number of hydrogen-bond donors (Lipinski definition) is 0. The van der Waals surface area contributed by atoms with Crippen LogP contribution in [0.15, 0.2) is 59.8 Å². The minimum absolute atomic E-state index is 0.281. The standard InChI is InChI=1S/C13H13NOS/c1-11(12-7-3-2-4-8-12)16-13-9-5-6-10-14(13)15/h2-11H,1H3/t11-/m0/s1. The van der Waals surface area contributed by atoms with E-state index in [0.29, 0.717) is 0 Å². The monoisotopic (exact) mass is 231 g/mol. The highest BCUT2D eigenvalue weighted by Crippen LogP contribution is 2.32. The van der Waals surface area contributed by atoms with E-state index in [9.17, 15) is 5.21 Å². The van der Waals surface area contributed by atoms with Gasteiger partial charge in [0.1, 0.15) is 0 Å². The molecule has 0 N–H and O–H groups in total. The van der Waals surface area contributed by atoms with Crippen molar-refractivity contribution in [3.8, 4) is 0 Å². The Morgan fingerprint density at radius 2 is 1.75 bits per heavy atom. The molecule has 1 aromatic carbocycles. The molecule has 1 heterocycles. The van der Waals surface area contributed by atoms with Crippen molar-refractivity contribution in [1.29, 1.82) is 0 Å². The third kappa shape index (κ3) is 2.55. The fourth-order valence-corrected chi connectivity index (χ4v) is 2.45. The summed E-state index contributed by atoms with van der Waals surface area (Å²) in [7, 11) is 0. The molecule has 0 radical (unpaired) electrons. The Morgan fingerprint density at radius 1 is 1.06 bits per heavy atom. The molecule has 1 aromatic heterocycles. The van der Waals surface area contributed by atoms with Crippen molar-refractivity contribution < 1.29 is 4.73 Å². The van der Waals surface area contributed by atoms with Crippen molar-refractivity contribution in [3.05, 3.63) is 65.5 Å². The number of hydrogen-bond acceptors (Lipinski definition) is 2. The second-order valence-electron chi connectivity index (χ2n) is 3.54. The molecule has 0 saturated carbocycles. The summed E-state index contributed by atoms with van der Waals surface area (Å²) >= 11 is 1.57. The Bertz CT molecular complexity index is 458. The number of benzene rings is 1. The lowest BCUT2D eigenvalue weighted by Crippen LogP contribution is -2.27. The van der Waals surface area contributed by atoms with Gasteiger partial charge in [0.05, 0.1) is 0 Å². The molecule has 3 heteroatoms. The summed E-state index contributed by atoms with van der Waals surface area (Å²) in [6.07, 6.45) is 1.53. The molecule has 1 atom stereocenters. The highest BCUT2D eigenvalue weighted by Gasteiger charge is 2.12. The largest absolute Gasteiger partial charge is 0.618 e. The van der Waals surface area contributed by atoms with Gasteiger partial charge in [0.2, 0.25) is 0 Å². The lowest BCUT2D eigenvalue weighted by Gasteiger charge is -2.10. The molecule has 16 heavy (non-hydrogen) atoms. The van der Waals surface area contributed by atoms with E-state index in [-0.39, 0.29) is 5.25 Å². The predicted molar refractivity (Wildman–Crippen MR) is 66.1 cm³/mol. The lowest BCUT2D eigenvalue weighted by molar-refractivity contribution is -0.645. The summed E-state index contributed by atoms with van der Waals surface area (Å²) in [4.78, 5) is 0. The molecule has 0 fully saturated rings. The normalized spacial score (nSPS) is 12.3. The number of pyridine rings is 1. The number of aromatic nitrogens is 1. The van der Waals surface area contributed by atoms with Gasteiger partial charge in [-0.25, -0.2) is 0 Å². The second kappa shape index (κ2) is 5.03. The average Bonchev–Trinajstić information content (AvgIpc) is 2.33. The molecule has 2 nitrogen and oxygen atoms in total. The van der Waals surface area contributed by atoms with Crippen LogP contribution in [0.1, 0.15) is 17.7 Å². The van der Waals surface area contributed by atoms with Gasteiger partial charge in [-0.3, -0.25) is 0 Å². The first-order chi connectivity index (χ1) is 7.77. The zero-order chi connectivity index (χ0) is 11.4. The first kappa shape index (κ1) is 11.0. The molecule has 2 aromatic rings. The maximum atomic E-state index is 11.5. The molecule has 0 unspecified atom stereocenters. The van der Waals surface area contributed by atoms with Gasteiger partial charge in [-0.05, 0) is 30.3 Å². The van der Waals surface area contributed by atoms with Crippen molar-refractivity contribution in [2.24, 2.45) is 0 Å². The van der Waals surface area contributed by atoms with E-state index in [2.05, 4.69) is 19.1 Å². The van der Waals surface area contributed by atoms with Crippen LogP contribution in [0, 0.1) is 5.21 Å². The summed E-state index contributed by atoms with van der Waals surface area (Å²) in [5.41, 5.74) is 1.23. The van der Waals surface area contributed by atoms with E-state index in [1.807, 2.05) is 30.3 Å². The Balaban J connectivity index is 2.14. The van der Waals surface area contributed by atoms with Crippen LogP contribution in [0.3, 0.4) is 0 Å². The topological polar surface area (TPSA) is 26.9 Å². The van der Waals surface area contributed by atoms with Crippen LogP contribution in [0.25, 0.3) is 0 Å². The fraction of sp³-hybridized carbons (Fsp3) is 0.154. The fourth-order valence-electron chi connectivity index (χ4n) is 1.48. The maximum Gasteiger partial charge on any atom is 0.251 e. The van der Waals surface area contributed by atoms with Gasteiger partial charge in [-0.2, -0.15) is 4.73 Å². The van der Waals surface area contributed by atoms with E-state index in [1.54, 1.807) is 17.8 Å². The molecule has 0 aliphatic heterocycles. The quantitative estimate of drug-likeness (QED) is 0.461. The van der Waals surface area contributed by atoms with Crippen molar-refractivity contribution in [1.82, 2.24) is 0 Å². The van der Waals surface area contributed by atoms with Gasteiger partial charge in [0.15, 0.2) is 6.20 Å². The second-order valence-corrected chi connectivity index (χ2v) is 4.90. The van der Waals surface area contributed by atoms with Crippen LogP contribution in [-0.2, 0) is 0 Å². The maximum absolute atomic E-state index is 11.5. The third-order valence-corrected chi connectivity index (χ3v) is 3.54. The minimum Gasteiger partial charge on any atom is -0.618 e. The third-order valence-electron chi connectivity index (χ3n) is 2.36. The van der Waals surface area contributed by atoms with Crippen molar-refractivity contribution in [3.63, 3.8) is 0 Å². The van der Waals surface area contributed by atoms with Crippen LogP contribution in [0.4, 0.5) is 0 Å². The summed E-state index contributed by atoms with van der Waals surface area (Å²) in [6.45, 7) is 2.10. The Labute approximate surface area is 99.5 Å². The molecular formula is C13H13NOS. The summed E-state index contributed by atoms with van der Waals surface area (Å²) in [5, 5.41) is 12.5. The molecule has 82 valence electrons. The summed E-state index contributed by atoms with van der Waals surface area (Å²) in [5.74, 6) is 0. The Morgan fingerprint density at radius 3 is 2.44 bits per heavy atom. The minimum atomic E-state index is 0.281. The molecule has 0 amide bonds. The highest BCUT2D eigenvalue weighted by molar-refractivity contribution is 7.99. The Kier molecular flexibility index (Phi) is 3.47.